The third-order valence-electron chi connectivity index (χ3n) is 5.78. The van der Waals surface area contributed by atoms with Gasteiger partial charge in [0.1, 0.15) is 12.6 Å². The first-order chi connectivity index (χ1) is 17.9. The standard InChI is InChI=1S/C27H28BrCl2N3O4S/c1-4-31-27(35)19(3)32(16-20-6-5-7-21(28)12-20)26(34)17-33(24-14-22(29)13-23(30)15-24)38(36,37)25-10-8-18(2)9-11-25/h5-15,19H,4,16-17H2,1-3H3,(H,31,35). The Morgan fingerprint density at radius 1 is 1.00 bits per heavy atom. The minimum atomic E-state index is -4.21. The van der Waals surface area contributed by atoms with Gasteiger partial charge in [0.15, 0.2) is 0 Å². The van der Waals surface area contributed by atoms with Crippen LogP contribution in [-0.2, 0) is 26.2 Å². The van der Waals surface area contributed by atoms with Crippen LogP contribution in [0.25, 0.3) is 0 Å². The molecule has 1 unspecified atom stereocenters. The predicted molar refractivity (Wildman–Crippen MR) is 155 cm³/mol. The summed E-state index contributed by atoms with van der Waals surface area (Å²) in [4.78, 5) is 28.0. The van der Waals surface area contributed by atoms with Gasteiger partial charge in [-0.15, -0.1) is 0 Å². The van der Waals surface area contributed by atoms with E-state index in [1.807, 2.05) is 31.2 Å². The molecule has 0 fully saturated rings. The number of hydrogen-bond donors (Lipinski definition) is 1. The second-order valence-electron chi connectivity index (χ2n) is 8.67. The van der Waals surface area contributed by atoms with Crippen molar-refractivity contribution in [3.8, 4) is 0 Å². The molecule has 1 atom stereocenters. The fourth-order valence-corrected chi connectivity index (χ4v) is 6.15. The molecule has 0 bridgehead atoms. The predicted octanol–water partition coefficient (Wildman–Crippen LogP) is 5.81. The highest BCUT2D eigenvalue weighted by Gasteiger charge is 2.32. The van der Waals surface area contributed by atoms with E-state index in [0.29, 0.717) is 6.54 Å². The molecule has 0 saturated carbocycles. The summed E-state index contributed by atoms with van der Waals surface area (Å²) in [6.07, 6.45) is 0. The number of hydrogen-bond acceptors (Lipinski definition) is 4. The van der Waals surface area contributed by atoms with Gasteiger partial charge in [0.05, 0.1) is 10.6 Å². The van der Waals surface area contributed by atoms with E-state index in [1.165, 1.54) is 35.2 Å². The Balaban J connectivity index is 2.07. The van der Waals surface area contributed by atoms with Crippen molar-refractivity contribution in [1.29, 1.82) is 0 Å². The van der Waals surface area contributed by atoms with Gasteiger partial charge in [-0.3, -0.25) is 13.9 Å². The van der Waals surface area contributed by atoms with Crippen molar-refractivity contribution in [3.05, 3.63) is 92.4 Å². The SMILES string of the molecule is CCNC(=O)C(C)N(Cc1cccc(Br)c1)C(=O)CN(c1cc(Cl)cc(Cl)c1)S(=O)(=O)c1ccc(C)cc1. The average molecular weight is 641 g/mol. The lowest BCUT2D eigenvalue weighted by Gasteiger charge is -2.32. The van der Waals surface area contributed by atoms with Crippen LogP contribution in [0.2, 0.25) is 10.0 Å². The molecule has 0 radical (unpaired) electrons. The number of aryl methyl sites for hydroxylation is 1. The minimum absolute atomic E-state index is 0.00214. The maximum absolute atomic E-state index is 13.8. The van der Waals surface area contributed by atoms with E-state index in [9.17, 15) is 18.0 Å². The highest BCUT2D eigenvalue weighted by molar-refractivity contribution is 9.10. The lowest BCUT2D eigenvalue weighted by atomic mass is 10.1. The van der Waals surface area contributed by atoms with Crippen LogP contribution in [0, 0.1) is 6.92 Å². The summed E-state index contributed by atoms with van der Waals surface area (Å²) < 4.78 is 29.4. The van der Waals surface area contributed by atoms with Gasteiger partial charge in [-0.25, -0.2) is 8.42 Å². The molecule has 38 heavy (non-hydrogen) atoms. The summed E-state index contributed by atoms with van der Waals surface area (Å²) >= 11 is 15.8. The molecule has 3 aromatic rings. The number of rotatable bonds is 10. The fourth-order valence-electron chi connectivity index (χ4n) is 3.79. The van der Waals surface area contributed by atoms with E-state index in [4.69, 9.17) is 23.2 Å². The number of likely N-dealkylation sites (N-methyl/N-ethyl adjacent to an activating group) is 1. The lowest BCUT2D eigenvalue weighted by molar-refractivity contribution is -0.139. The van der Waals surface area contributed by atoms with E-state index in [-0.39, 0.29) is 33.1 Å². The van der Waals surface area contributed by atoms with E-state index in [2.05, 4.69) is 21.2 Å². The van der Waals surface area contributed by atoms with Gasteiger partial charge < -0.3 is 10.2 Å². The van der Waals surface area contributed by atoms with Gasteiger partial charge in [-0.1, -0.05) is 69.0 Å². The van der Waals surface area contributed by atoms with Gasteiger partial charge in [-0.05, 0) is 68.8 Å². The van der Waals surface area contributed by atoms with Crippen LogP contribution >= 0.6 is 39.1 Å². The zero-order valence-corrected chi connectivity index (χ0v) is 25.0. The topological polar surface area (TPSA) is 86.8 Å². The van der Waals surface area contributed by atoms with Gasteiger partial charge in [0, 0.05) is 27.6 Å². The third-order valence-corrected chi connectivity index (χ3v) is 8.50. The molecule has 0 aliphatic heterocycles. The molecule has 0 spiro atoms. The largest absolute Gasteiger partial charge is 0.355 e. The Labute approximate surface area is 241 Å². The normalized spacial score (nSPS) is 12.1. The van der Waals surface area contributed by atoms with Crippen LogP contribution < -0.4 is 9.62 Å². The Morgan fingerprint density at radius 3 is 2.21 bits per heavy atom. The number of nitrogens with one attached hydrogen (secondary N) is 1. The van der Waals surface area contributed by atoms with Crippen molar-refractivity contribution in [2.24, 2.45) is 0 Å². The van der Waals surface area contributed by atoms with E-state index in [0.717, 1.165) is 19.9 Å². The second-order valence-corrected chi connectivity index (χ2v) is 12.3. The zero-order chi connectivity index (χ0) is 28.0. The summed E-state index contributed by atoms with van der Waals surface area (Å²) in [7, 11) is -4.21. The quantitative estimate of drug-likeness (QED) is 0.303. The van der Waals surface area contributed by atoms with E-state index >= 15 is 0 Å². The van der Waals surface area contributed by atoms with Crippen molar-refractivity contribution in [2.75, 3.05) is 17.4 Å². The maximum atomic E-state index is 13.8. The zero-order valence-electron chi connectivity index (χ0n) is 21.1. The first kappa shape index (κ1) is 30.0. The molecule has 0 aliphatic carbocycles. The number of carbonyl (C=O) groups is 2. The monoisotopic (exact) mass is 639 g/mol. The maximum Gasteiger partial charge on any atom is 0.264 e. The molecule has 2 amide bonds. The summed E-state index contributed by atoms with van der Waals surface area (Å²) in [5, 5.41) is 3.16. The van der Waals surface area contributed by atoms with Crippen LogP contribution in [0.4, 0.5) is 5.69 Å². The molecule has 11 heteroatoms. The van der Waals surface area contributed by atoms with Crippen LogP contribution in [0.15, 0.2) is 76.1 Å². The molecular formula is C27H28BrCl2N3O4S. The van der Waals surface area contributed by atoms with Crippen LogP contribution in [0.1, 0.15) is 25.0 Å². The molecule has 3 aromatic carbocycles. The molecule has 0 aromatic heterocycles. The molecule has 7 nitrogen and oxygen atoms in total. The third kappa shape index (κ3) is 7.50. The number of carbonyl (C=O) groups excluding carboxylic acids is 2. The fraction of sp³-hybridized carbons (Fsp3) is 0.259. The highest BCUT2D eigenvalue weighted by Crippen LogP contribution is 2.30. The number of benzene rings is 3. The first-order valence-electron chi connectivity index (χ1n) is 11.8. The molecule has 202 valence electrons. The van der Waals surface area contributed by atoms with Gasteiger partial charge in [0.2, 0.25) is 11.8 Å². The Hall–Kier alpha value is -2.59. The molecule has 0 aliphatic rings. The van der Waals surface area contributed by atoms with E-state index in [1.54, 1.807) is 26.0 Å². The van der Waals surface area contributed by atoms with Crippen LogP contribution in [0.5, 0.6) is 0 Å². The molecule has 1 N–H and O–H groups in total. The Bertz CT molecular complexity index is 1400. The number of sulfonamides is 1. The van der Waals surface area contributed by atoms with Gasteiger partial charge >= 0.3 is 0 Å². The van der Waals surface area contributed by atoms with Crippen LogP contribution in [-0.4, -0.2) is 44.3 Å². The minimum Gasteiger partial charge on any atom is -0.355 e. The van der Waals surface area contributed by atoms with Crippen molar-refractivity contribution in [3.63, 3.8) is 0 Å². The average Bonchev–Trinajstić information content (AvgIpc) is 2.85. The molecule has 3 rings (SSSR count). The summed E-state index contributed by atoms with van der Waals surface area (Å²) in [5.74, 6) is -0.926. The summed E-state index contributed by atoms with van der Waals surface area (Å²) in [5.41, 5.74) is 1.78. The highest BCUT2D eigenvalue weighted by atomic mass is 79.9. The van der Waals surface area contributed by atoms with Crippen molar-refractivity contribution in [2.45, 2.75) is 38.3 Å². The van der Waals surface area contributed by atoms with Crippen molar-refractivity contribution < 1.29 is 18.0 Å². The second kappa shape index (κ2) is 13.0. The van der Waals surface area contributed by atoms with Crippen molar-refractivity contribution >= 4 is 66.7 Å². The first-order valence-corrected chi connectivity index (χ1v) is 14.8. The summed E-state index contributed by atoms with van der Waals surface area (Å²) in [6.45, 7) is 5.13. The van der Waals surface area contributed by atoms with Gasteiger partial charge in [0.25, 0.3) is 10.0 Å². The smallest absolute Gasteiger partial charge is 0.264 e. The number of nitrogens with zero attached hydrogens (tertiary/aromatic N) is 2. The summed E-state index contributed by atoms with van der Waals surface area (Å²) in [6, 6.07) is 17.1. The number of anilines is 1. The number of amides is 2. The molecule has 0 saturated heterocycles. The van der Waals surface area contributed by atoms with E-state index < -0.39 is 28.5 Å². The Morgan fingerprint density at radius 2 is 1.63 bits per heavy atom. The van der Waals surface area contributed by atoms with Crippen LogP contribution in [0.3, 0.4) is 0 Å². The van der Waals surface area contributed by atoms with Crippen molar-refractivity contribution in [1.82, 2.24) is 10.2 Å². The lowest BCUT2D eigenvalue weighted by Crippen LogP contribution is -2.51. The molecule has 0 heterocycles. The van der Waals surface area contributed by atoms with Gasteiger partial charge in [-0.2, -0.15) is 0 Å². The Kier molecular flexibility index (Phi) is 10.2. The number of halogens is 3. The molecular weight excluding hydrogens is 613 g/mol.